The van der Waals surface area contributed by atoms with Crippen LogP contribution in [0, 0.1) is 0 Å². The molecule has 0 aliphatic carbocycles. The van der Waals surface area contributed by atoms with Crippen molar-refractivity contribution < 1.29 is 4.74 Å². The standard InChI is InChI=1S/C7H15NO/c1-6-7(9-2)4-3-5-8-6/h6-8H,3-5H2,1-2H3/t6-,7-/m1/s1. The quantitative estimate of drug-likeness (QED) is 0.564. The van der Waals surface area contributed by atoms with Crippen LogP contribution in [0.3, 0.4) is 0 Å². The highest BCUT2D eigenvalue weighted by atomic mass is 16.5. The maximum Gasteiger partial charge on any atom is 0.0722 e. The van der Waals surface area contributed by atoms with Crippen LogP contribution in [0.2, 0.25) is 0 Å². The van der Waals surface area contributed by atoms with Gasteiger partial charge in [0.15, 0.2) is 0 Å². The molecule has 0 aromatic carbocycles. The summed E-state index contributed by atoms with van der Waals surface area (Å²) in [6.07, 6.45) is 2.91. The van der Waals surface area contributed by atoms with Crippen molar-refractivity contribution in [2.75, 3.05) is 13.7 Å². The van der Waals surface area contributed by atoms with E-state index < -0.39 is 0 Å². The van der Waals surface area contributed by atoms with E-state index in [1.165, 1.54) is 12.8 Å². The molecule has 0 unspecified atom stereocenters. The summed E-state index contributed by atoms with van der Waals surface area (Å²) in [4.78, 5) is 0. The lowest BCUT2D eigenvalue weighted by Crippen LogP contribution is -2.43. The van der Waals surface area contributed by atoms with Gasteiger partial charge in [-0.25, -0.2) is 0 Å². The average molecular weight is 129 g/mol. The van der Waals surface area contributed by atoms with Gasteiger partial charge in [-0.3, -0.25) is 0 Å². The number of rotatable bonds is 1. The molecule has 0 radical (unpaired) electrons. The van der Waals surface area contributed by atoms with Gasteiger partial charge in [0.2, 0.25) is 0 Å². The molecule has 2 heteroatoms. The van der Waals surface area contributed by atoms with Gasteiger partial charge in [-0.15, -0.1) is 0 Å². The minimum Gasteiger partial charge on any atom is -0.380 e. The van der Waals surface area contributed by atoms with Crippen LogP contribution in [0.4, 0.5) is 0 Å². The number of ether oxygens (including phenoxy) is 1. The normalized spacial score (nSPS) is 36.7. The fourth-order valence-corrected chi connectivity index (χ4v) is 1.34. The molecular weight excluding hydrogens is 114 g/mol. The fourth-order valence-electron chi connectivity index (χ4n) is 1.34. The molecule has 54 valence electrons. The van der Waals surface area contributed by atoms with E-state index in [0.717, 1.165) is 6.54 Å². The minimum absolute atomic E-state index is 0.443. The molecule has 0 saturated carbocycles. The minimum atomic E-state index is 0.443. The lowest BCUT2D eigenvalue weighted by Gasteiger charge is -2.28. The van der Waals surface area contributed by atoms with E-state index in [9.17, 15) is 0 Å². The third kappa shape index (κ3) is 1.66. The molecule has 0 amide bonds. The highest BCUT2D eigenvalue weighted by molar-refractivity contribution is 4.77. The third-order valence-electron chi connectivity index (χ3n) is 1.99. The van der Waals surface area contributed by atoms with E-state index in [0.29, 0.717) is 12.1 Å². The smallest absolute Gasteiger partial charge is 0.0722 e. The monoisotopic (exact) mass is 129 g/mol. The van der Waals surface area contributed by atoms with E-state index in [4.69, 9.17) is 4.74 Å². The molecule has 0 spiro atoms. The van der Waals surface area contributed by atoms with E-state index in [2.05, 4.69) is 12.2 Å². The van der Waals surface area contributed by atoms with E-state index in [-0.39, 0.29) is 0 Å². The Hall–Kier alpha value is -0.0800. The largest absolute Gasteiger partial charge is 0.380 e. The summed E-state index contributed by atoms with van der Waals surface area (Å²) in [6.45, 7) is 3.33. The number of piperidine rings is 1. The molecular formula is C7H15NO. The Balaban J connectivity index is 2.30. The summed E-state index contributed by atoms with van der Waals surface area (Å²) in [5.74, 6) is 0. The number of methoxy groups -OCH3 is 1. The van der Waals surface area contributed by atoms with Crippen LogP contribution in [-0.2, 0) is 4.74 Å². The topological polar surface area (TPSA) is 21.3 Å². The first kappa shape index (κ1) is 7.03. The molecule has 0 aromatic rings. The van der Waals surface area contributed by atoms with Crippen LogP contribution < -0.4 is 5.32 Å². The second-order valence-electron chi connectivity index (χ2n) is 2.66. The lowest BCUT2D eigenvalue weighted by atomic mass is 10.0. The van der Waals surface area contributed by atoms with Crippen LogP contribution in [0.25, 0.3) is 0 Å². The predicted octanol–water partition coefficient (Wildman–Crippen LogP) is 0.773. The molecule has 1 fully saturated rings. The molecule has 0 bridgehead atoms. The van der Waals surface area contributed by atoms with Crippen molar-refractivity contribution in [2.24, 2.45) is 0 Å². The van der Waals surface area contributed by atoms with Crippen molar-refractivity contribution in [2.45, 2.75) is 31.9 Å². The van der Waals surface area contributed by atoms with Gasteiger partial charge in [0.25, 0.3) is 0 Å². The summed E-state index contributed by atoms with van der Waals surface area (Å²) in [5.41, 5.74) is 0. The zero-order valence-corrected chi connectivity index (χ0v) is 6.18. The first-order valence-corrected chi connectivity index (χ1v) is 3.61. The molecule has 1 rings (SSSR count). The Bertz CT molecular complexity index is 85.0. The van der Waals surface area contributed by atoms with Gasteiger partial charge in [-0.1, -0.05) is 0 Å². The van der Waals surface area contributed by atoms with Crippen LogP contribution in [0.1, 0.15) is 19.8 Å². The summed E-state index contributed by atoms with van der Waals surface area (Å²) in [6, 6.07) is 0.545. The van der Waals surface area contributed by atoms with Crippen molar-refractivity contribution >= 4 is 0 Å². The highest BCUT2D eigenvalue weighted by Gasteiger charge is 2.19. The summed E-state index contributed by atoms with van der Waals surface area (Å²) in [7, 11) is 1.79. The molecule has 1 saturated heterocycles. The van der Waals surface area contributed by atoms with Gasteiger partial charge >= 0.3 is 0 Å². The van der Waals surface area contributed by atoms with Crippen molar-refractivity contribution in [1.82, 2.24) is 5.32 Å². The second-order valence-corrected chi connectivity index (χ2v) is 2.66. The summed E-state index contributed by atoms with van der Waals surface area (Å²) >= 11 is 0. The molecule has 2 atom stereocenters. The van der Waals surface area contributed by atoms with Gasteiger partial charge in [0.1, 0.15) is 0 Å². The van der Waals surface area contributed by atoms with E-state index in [1.807, 2.05) is 0 Å². The third-order valence-corrected chi connectivity index (χ3v) is 1.99. The molecule has 1 aliphatic heterocycles. The molecule has 2 nitrogen and oxygen atoms in total. The molecule has 1 aliphatic rings. The maximum absolute atomic E-state index is 5.24. The summed E-state index contributed by atoms with van der Waals surface area (Å²) in [5, 5.41) is 3.36. The molecule has 0 aromatic heterocycles. The molecule has 1 heterocycles. The molecule has 9 heavy (non-hydrogen) atoms. The van der Waals surface area contributed by atoms with Crippen molar-refractivity contribution in [1.29, 1.82) is 0 Å². The van der Waals surface area contributed by atoms with Crippen LogP contribution in [0.5, 0.6) is 0 Å². The Labute approximate surface area is 56.6 Å². The zero-order chi connectivity index (χ0) is 6.69. The Morgan fingerprint density at radius 1 is 1.56 bits per heavy atom. The fraction of sp³-hybridized carbons (Fsp3) is 1.00. The maximum atomic E-state index is 5.24. The number of hydrogen-bond donors (Lipinski definition) is 1. The van der Waals surface area contributed by atoms with E-state index >= 15 is 0 Å². The van der Waals surface area contributed by atoms with Crippen molar-refractivity contribution in [3.05, 3.63) is 0 Å². The van der Waals surface area contributed by atoms with E-state index in [1.54, 1.807) is 7.11 Å². The highest BCUT2D eigenvalue weighted by Crippen LogP contribution is 2.10. The Morgan fingerprint density at radius 2 is 2.33 bits per heavy atom. The predicted molar refractivity (Wildman–Crippen MR) is 37.5 cm³/mol. The second kappa shape index (κ2) is 3.18. The Morgan fingerprint density at radius 3 is 2.78 bits per heavy atom. The van der Waals surface area contributed by atoms with Gasteiger partial charge in [-0.05, 0) is 26.3 Å². The Kier molecular flexibility index (Phi) is 2.49. The summed E-state index contributed by atoms with van der Waals surface area (Å²) < 4.78 is 5.24. The lowest BCUT2D eigenvalue weighted by molar-refractivity contribution is 0.0514. The van der Waals surface area contributed by atoms with Crippen LogP contribution >= 0.6 is 0 Å². The van der Waals surface area contributed by atoms with Gasteiger partial charge < -0.3 is 10.1 Å². The molecule has 1 N–H and O–H groups in total. The van der Waals surface area contributed by atoms with Crippen molar-refractivity contribution in [3.63, 3.8) is 0 Å². The SMILES string of the molecule is CO[C@@H]1CCCN[C@@H]1C. The van der Waals surface area contributed by atoms with Gasteiger partial charge in [0.05, 0.1) is 6.10 Å². The van der Waals surface area contributed by atoms with Gasteiger partial charge in [-0.2, -0.15) is 0 Å². The van der Waals surface area contributed by atoms with Crippen LogP contribution in [0.15, 0.2) is 0 Å². The van der Waals surface area contributed by atoms with Gasteiger partial charge in [0, 0.05) is 13.2 Å². The first-order valence-electron chi connectivity index (χ1n) is 3.61. The van der Waals surface area contributed by atoms with Crippen LogP contribution in [-0.4, -0.2) is 25.8 Å². The number of hydrogen-bond acceptors (Lipinski definition) is 2. The zero-order valence-electron chi connectivity index (χ0n) is 6.18. The first-order chi connectivity index (χ1) is 4.34. The number of nitrogens with one attached hydrogen (secondary N) is 1. The van der Waals surface area contributed by atoms with Crippen molar-refractivity contribution in [3.8, 4) is 0 Å². The average Bonchev–Trinajstić information content (AvgIpc) is 1.89.